The Balaban J connectivity index is 2.41. The van der Waals surface area contributed by atoms with Crippen LogP contribution in [-0.2, 0) is 15.6 Å². The van der Waals surface area contributed by atoms with Crippen LogP contribution >= 0.6 is 11.3 Å². The molecule has 1 aromatic heterocycles. The average molecular weight is 322 g/mol. The molecule has 0 unspecified atom stereocenters. The molecule has 6 nitrogen and oxygen atoms in total. The summed E-state index contributed by atoms with van der Waals surface area (Å²) in [4.78, 5) is 14.8. The molecule has 21 heavy (non-hydrogen) atoms. The van der Waals surface area contributed by atoms with Gasteiger partial charge in [-0.05, 0) is 5.56 Å². The maximum Gasteiger partial charge on any atom is 0.355 e. The molecule has 108 valence electrons. The highest BCUT2D eigenvalue weighted by Gasteiger charge is 2.17. The summed E-state index contributed by atoms with van der Waals surface area (Å²) in [5, 5.41) is 19.2. The van der Waals surface area contributed by atoms with Gasteiger partial charge in [0.05, 0.1) is 11.8 Å². The Bertz CT molecular complexity index is 819. The van der Waals surface area contributed by atoms with Crippen LogP contribution in [0, 0.1) is 11.3 Å². The molecule has 0 bridgehead atoms. The highest BCUT2D eigenvalue weighted by atomic mass is 32.2. The molecule has 1 heterocycles. The largest absolute Gasteiger partial charge is 0.476 e. The van der Waals surface area contributed by atoms with E-state index in [0.29, 0.717) is 16.1 Å². The lowest BCUT2D eigenvalue weighted by molar-refractivity contribution is 0.0691. The van der Waals surface area contributed by atoms with Gasteiger partial charge < -0.3 is 5.11 Å². The molecule has 2 aromatic rings. The Morgan fingerprint density at radius 3 is 2.71 bits per heavy atom. The highest BCUT2D eigenvalue weighted by Crippen LogP contribution is 2.28. The predicted octanol–water partition coefficient (Wildman–Crippen LogP) is 1.95. The van der Waals surface area contributed by atoms with Gasteiger partial charge in [0.15, 0.2) is 15.5 Å². The number of nitrogens with zero attached hydrogens (tertiary/aromatic N) is 2. The predicted molar refractivity (Wildman–Crippen MR) is 77.6 cm³/mol. The molecule has 0 fully saturated rings. The van der Waals surface area contributed by atoms with Crippen molar-refractivity contribution in [3.63, 3.8) is 0 Å². The number of hydrogen-bond acceptors (Lipinski definition) is 6. The van der Waals surface area contributed by atoms with Crippen LogP contribution in [0.1, 0.15) is 16.1 Å². The second-order valence-electron chi connectivity index (χ2n) is 4.19. The molecule has 0 spiro atoms. The number of hydrogen-bond donors (Lipinski definition) is 1. The number of nitriles is 1. The molecule has 0 saturated carbocycles. The number of rotatable bonds is 5. The number of sulfone groups is 1. The first-order chi connectivity index (χ1) is 9.93. The van der Waals surface area contributed by atoms with Crippen LogP contribution in [0.5, 0.6) is 0 Å². The highest BCUT2D eigenvalue weighted by molar-refractivity contribution is 7.90. The minimum Gasteiger partial charge on any atom is -0.476 e. The van der Waals surface area contributed by atoms with Crippen LogP contribution < -0.4 is 0 Å². The van der Waals surface area contributed by atoms with Gasteiger partial charge in [0.25, 0.3) is 0 Å². The Morgan fingerprint density at radius 2 is 2.10 bits per heavy atom. The van der Waals surface area contributed by atoms with Gasteiger partial charge in [0, 0.05) is 10.9 Å². The Hall–Kier alpha value is -2.24. The Kier molecular flexibility index (Phi) is 4.35. The lowest BCUT2D eigenvalue weighted by Gasteiger charge is -2.06. The van der Waals surface area contributed by atoms with Crippen molar-refractivity contribution < 1.29 is 18.3 Å². The summed E-state index contributed by atoms with van der Waals surface area (Å²) < 4.78 is 23.5. The van der Waals surface area contributed by atoms with E-state index < -0.39 is 21.6 Å². The zero-order valence-electron chi connectivity index (χ0n) is 10.7. The molecular formula is C13H10N2O4S2. The Labute approximate surface area is 125 Å². The molecule has 0 aliphatic rings. The monoisotopic (exact) mass is 322 g/mol. The van der Waals surface area contributed by atoms with Gasteiger partial charge >= 0.3 is 5.97 Å². The van der Waals surface area contributed by atoms with Gasteiger partial charge in [-0.15, -0.1) is 11.3 Å². The van der Waals surface area contributed by atoms with E-state index in [1.165, 1.54) is 5.38 Å². The normalized spacial score (nSPS) is 11.0. The molecular weight excluding hydrogens is 312 g/mol. The second-order valence-corrected chi connectivity index (χ2v) is 7.11. The standard InChI is InChI=1S/C13H10N2O4S2/c14-5-6-21(18,19)8-9-3-1-2-4-10(9)12-15-11(7-20-12)13(16)17/h1-4,7H,6,8H2,(H,16,17). The lowest BCUT2D eigenvalue weighted by Crippen LogP contribution is -2.08. The van der Waals surface area contributed by atoms with E-state index in [4.69, 9.17) is 10.4 Å². The van der Waals surface area contributed by atoms with E-state index in [1.807, 2.05) is 0 Å². The molecule has 0 saturated heterocycles. The number of aromatic carboxylic acids is 1. The number of carboxylic acid groups (broad SMARTS) is 1. The number of thiazole rings is 1. The molecule has 1 N–H and O–H groups in total. The van der Waals surface area contributed by atoms with E-state index >= 15 is 0 Å². The lowest BCUT2D eigenvalue weighted by atomic mass is 10.1. The average Bonchev–Trinajstić information content (AvgIpc) is 2.88. The van der Waals surface area contributed by atoms with Gasteiger partial charge in [0.2, 0.25) is 0 Å². The maximum atomic E-state index is 11.8. The zero-order chi connectivity index (χ0) is 15.5. The van der Waals surface area contributed by atoms with Crippen molar-refractivity contribution in [3.05, 3.63) is 40.9 Å². The van der Waals surface area contributed by atoms with E-state index in [-0.39, 0.29) is 11.4 Å². The fraction of sp³-hybridized carbons (Fsp3) is 0.154. The fourth-order valence-electron chi connectivity index (χ4n) is 1.74. The number of carbonyl (C=O) groups is 1. The van der Waals surface area contributed by atoms with Gasteiger partial charge in [-0.25, -0.2) is 18.2 Å². The zero-order valence-corrected chi connectivity index (χ0v) is 12.3. The van der Waals surface area contributed by atoms with Crippen LogP contribution in [0.3, 0.4) is 0 Å². The molecule has 0 amide bonds. The van der Waals surface area contributed by atoms with Crippen molar-refractivity contribution >= 4 is 27.1 Å². The van der Waals surface area contributed by atoms with Crippen molar-refractivity contribution in [1.82, 2.24) is 4.98 Å². The maximum absolute atomic E-state index is 11.8. The third-order valence-electron chi connectivity index (χ3n) is 2.63. The van der Waals surface area contributed by atoms with Crippen LogP contribution in [0.25, 0.3) is 10.6 Å². The van der Waals surface area contributed by atoms with Gasteiger partial charge in [-0.1, -0.05) is 24.3 Å². The summed E-state index contributed by atoms with van der Waals surface area (Å²) in [6.45, 7) is 0. The molecule has 2 rings (SSSR count). The number of aromatic nitrogens is 1. The molecule has 0 aliphatic carbocycles. The van der Waals surface area contributed by atoms with Gasteiger partial charge in [-0.3, -0.25) is 0 Å². The minimum atomic E-state index is -3.53. The molecule has 0 aliphatic heterocycles. The van der Waals surface area contributed by atoms with E-state index in [0.717, 1.165) is 11.3 Å². The van der Waals surface area contributed by atoms with Gasteiger partial charge in [-0.2, -0.15) is 5.26 Å². The third kappa shape index (κ3) is 3.65. The summed E-state index contributed by atoms with van der Waals surface area (Å²) in [6.07, 6.45) is 0. The Morgan fingerprint density at radius 1 is 1.38 bits per heavy atom. The van der Waals surface area contributed by atoms with E-state index in [2.05, 4.69) is 4.98 Å². The van der Waals surface area contributed by atoms with E-state index in [1.54, 1.807) is 30.3 Å². The smallest absolute Gasteiger partial charge is 0.355 e. The summed E-state index contributed by atoms with van der Waals surface area (Å²) in [6, 6.07) is 8.35. The van der Waals surface area contributed by atoms with Crippen LogP contribution in [0.15, 0.2) is 29.6 Å². The molecule has 0 radical (unpaired) electrons. The van der Waals surface area contributed by atoms with Crippen molar-refractivity contribution in [2.75, 3.05) is 5.75 Å². The third-order valence-corrected chi connectivity index (χ3v) is 4.83. The van der Waals surface area contributed by atoms with Crippen molar-refractivity contribution in [1.29, 1.82) is 5.26 Å². The van der Waals surface area contributed by atoms with E-state index in [9.17, 15) is 13.2 Å². The molecule has 1 aromatic carbocycles. The van der Waals surface area contributed by atoms with Crippen molar-refractivity contribution in [2.45, 2.75) is 5.75 Å². The molecule has 8 heteroatoms. The quantitative estimate of drug-likeness (QED) is 0.901. The summed E-state index contributed by atoms with van der Waals surface area (Å²) in [5.41, 5.74) is 0.986. The number of benzene rings is 1. The van der Waals surface area contributed by atoms with Crippen LogP contribution in [0.4, 0.5) is 0 Å². The molecule has 0 atom stereocenters. The first-order valence-electron chi connectivity index (χ1n) is 5.77. The SMILES string of the molecule is N#CCS(=O)(=O)Cc1ccccc1-c1nc(C(=O)O)cs1. The first kappa shape index (κ1) is 15.2. The fourth-order valence-corrected chi connectivity index (χ4v) is 3.62. The van der Waals surface area contributed by atoms with Gasteiger partial charge in [0.1, 0.15) is 10.8 Å². The minimum absolute atomic E-state index is 0.0790. The van der Waals surface area contributed by atoms with Crippen molar-refractivity contribution in [3.8, 4) is 16.6 Å². The summed E-state index contributed by atoms with van der Waals surface area (Å²) in [7, 11) is -3.53. The first-order valence-corrected chi connectivity index (χ1v) is 8.47. The topological polar surface area (TPSA) is 108 Å². The summed E-state index contributed by atoms with van der Waals surface area (Å²) >= 11 is 1.13. The van der Waals surface area contributed by atoms with Crippen molar-refractivity contribution in [2.24, 2.45) is 0 Å². The van der Waals surface area contributed by atoms with Crippen LogP contribution in [-0.4, -0.2) is 30.2 Å². The number of carboxylic acids is 1. The summed E-state index contributed by atoms with van der Waals surface area (Å²) in [5.74, 6) is -1.97. The second kappa shape index (κ2) is 6.03. The van der Waals surface area contributed by atoms with Crippen LogP contribution in [0.2, 0.25) is 0 Å².